The van der Waals surface area contributed by atoms with Gasteiger partial charge in [-0.3, -0.25) is 9.78 Å². The van der Waals surface area contributed by atoms with E-state index < -0.39 is 11.9 Å². The molecule has 110 valence electrons. The number of benzene rings is 1. The molecule has 1 atom stereocenters. The molecule has 0 aliphatic heterocycles. The van der Waals surface area contributed by atoms with Crippen LogP contribution >= 0.6 is 0 Å². The third kappa shape index (κ3) is 3.68. The average Bonchev–Trinajstić information content (AvgIpc) is 2.46. The molecule has 6 nitrogen and oxygen atoms in total. The van der Waals surface area contributed by atoms with Crippen LogP contribution in [0.3, 0.4) is 0 Å². The first-order valence-electron chi connectivity index (χ1n) is 6.56. The molecule has 1 aromatic carbocycles. The summed E-state index contributed by atoms with van der Waals surface area (Å²) in [6.45, 7) is 1.72. The minimum atomic E-state index is -0.923. The van der Waals surface area contributed by atoms with Crippen LogP contribution in [0.5, 0.6) is 0 Å². The monoisotopic (exact) mass is 287 g/mol. The minimum Gasteiger partial charge on any atom is -0.481 e. The Bertz CT molecular complexity index is 672. The summed E-state index contributed by atoms with van der Waals surface area (Å²) in [5.74, 6) is -1.53. The van der Waals surface area contributed by atoms with Crippen molar-refractivity contribution < 1.29 is 14.7 Å². The molecule has 0 saturated carbocycles. The Morgan fingerprint density at radius 1 is 1.33 bits per heavy atom. The predicted octanol–water partition coefficient (Wildman–Crippen LogP) is 2.42. The molecular weight excluding hydrogens is 270 g/mol. The van der Waals surface area contributed by atoms with Gasteiger partial charge in [-0.05, 0) is 23.6 Å². The van der Waals surface area contributed by atoms with Crippen LogP contribution < -0.4 is 5.32 Å². The van der Waals surface area contributed by atoms with Crippen LogP contribution in [0.4, 0.5) is 10.5 Å². The molecule has 0 spiro atoms. The van der Waals surface area contributed by atoms with Gasteiger partial charge in [0.15, 0.2) is 0 Å². The van der Waals surface area contributed by atoms with Crippen LogP contribution in [0.2, 0.25) is 0 Å². The molecule has 0 fully saturated rings. The topological polar surface area (TPSA) is 82.5 Å². The van der Waals surface area contributed by atoms with Crippen LogP contribution in [0.1, 0.15) is 6.92 Å². The Kier molecular flexibility index (Phi) is 4.37. The molecule has 0 bridgehead atoms. The molecular formula is C15H17N3O3. The van der Waals surface area contributed by atoms with Gasteiger partial charge in [0.25, 0.3) is 0 Å². The Morgan fingerprint density at radius 3 is 2.81 bits per heavy atom. The fourth-order valence-corrected chi connectivity index (χ4v) is 1.95. The van der Waals surface area contributed by atoms with Crippen molar-refractivity contribution in [3.63, 3.8) is 0 Å². The number of anilines is 1. The number of urea groups is 1. The zero-order valence-corrected chi connectivity index (χ0v) is 11.9. The number of aromatic nitrogens is 1. The largest absolute Gasteiger partial charge is 0.481 e. The SMILES string of the molecule is CC(CN(C)C(=O)Nc1ccc2cnccc2c1)C(=O)O. The molecule has 0 saturated heterocycles. The number of carboxylic acids is 1. The molecule has 1 aromatic heterocycles. The van der Waals surface area contributed by atoms with E-state index in [9.17, 15) is 9.59 Å². The van der Waals surface area contributed by atoms with E-state index in [0.29, 0.717) is 5.69 Å². The lowest BCUT2D eigenvalue weighted by Crippen LogP contribution is -2.36. The van der Waals surface area contributed by atoms with E-state index in [1.165, 1.54) is 4.90 Å². The fraction of sp³-hybridized carbons (Fsp3) is 0.267. The van der Waals surface area contributed by atoms with Gasteiger partial charge in [-0.2, -0.15) is 0 Å². The maximum absolute atomic E-state index is 12.0. The van der Waals surface area contributed by atoms with E-state index in [-0.39, 0.29) is 12.6 Å². The minimum absolute atomic E-state index is 0.151. The molecule has 0 radical (unpaired) electrons. The number of rotatable bonds is 4. The molecule has 2 amide bonds. The van der Waals surface area contributed by atoms with E-state index >= 15 is 0 Å². The van der Waals surface area contributed by atoms with Crippen molar-refractivity contribution in [2.75, 3.05) is 18.9 Å². The van der Waals surface area contributed by atoms with Crippen molar-refractivity contribution in [1.29, 1.82) is 0 Å². The average molecular weight is 287 g/mol. The number of fused-ring (bicyclic) bond motifs is 1. The number of amides is 2. The molecule has 6 heteroatoms. The number of hydrogen-bond donors (Lipinski definition) is 2. The van der Waals surface area contributed by atoms with Crippen LogP contribution in [0, 0.1) is 5.92 Å². The summed E-state index contributed by atoms with van der Waals surface area (Å²) in [7, 11) is 1.57. The van der Waals surface area contributed by atoms with Crippen LogP contribution in [-0.2, 0) is 4.79 Å². The van der Waals surface area contributed by atoms with Gasteiger partial charge in [-0.1, -0.05) is 13.0 Å². The van der Waals surface area contributed by atoms with Crippen molar-refractivity contribution in [3.05, 3.63) is 36.7 Å². The Hall–Kier alpha value is -2.63. The number of aliphatic carboxylic acids is 1. The second-order valence-electron chi connectivity index (χ2n) is 4.99. The first-order chi connectivity index (χ1) is 9.97. The van der Waals surface area contributed by atoms with Gasteiger partial charge in [0.05, 0.1) is 5.92 Å². The Morgan fingerprint density at radius 2 is 2.10 bits per heavy atom. The van der Waals surface area contributed by atoms with Crippen molar-refractivity contribution in [2.24, 2.45) is 5.92 Å². The zero-order chi connectivity index (χ0) is 15.4. The molecule has 2 N–H and O–H groups in total. The number of carboxylic acid groups (broad SMARTS) is 1. The molecule has 2 rings (SSSR count). The summed E-state index contributed by atoms with van der Waals surface area (Å²) in [6.07, 6.45) is 3.44. The normalized spacial score (nSPS) is 11.9. The standard InChI is InChI=1S/C15H17N3O3/c1-10(14(19)20)9-18(2)15(21)17-13-4-3-12-8-16-6-5-11(12)7-13/h3-8,10H,9H2,1-2H3,(H,17,21)(H,19,20). The third-order valence-electron chi connectivity index (χ3n) is 3.21. The van der Waals surface area contributed by atoms with E-state index in [2.05, 4.69) is 10.3 Å². The van der Waals surface area contributed by atoms with Gasteiger partial charge in [0, 0.05) is 37.1 Å². The zero-order valence-electron chi connectivity index (χ0n) is 11.9. The second kappa shape index (κ2) is 6.21. The summed E-state index contributed by atoms with van der Waals surface area (Å²) in [4.78, 5) is 28.2. The Balaban J connectivity index is 2.05. The van der Waals surface area contributed by atoms with Gasteiger partial charge in [0.2, 0.25) is 0 Å². The smallest absolute Gasteiger partial charge is 0.321 e. The highest BCUT2D eigenvalue weighted by Gasteiger charge is 2.17. The van der Waals surface area contributed by atoms with Crippen molar-refractivity contribution in [1.82, 2.24) is 9.88 Å². The van der Waals surface area contributed by atoms with Crippen LogP contribution in [0.25, 0.3) is 10.8 Å². The van der Waals surface area contributed by atoms with Crippen LogP contribution in [-0.4, -0.2) is 40.6 Å². The van der Waals surface area contributed by atoms with Crippen molar-refractivity contribution in [3.8, 4) is 0 Å². The first-order valence-corrected chi connectivity index (χ1v) is 6.56. The lowest BCUT2D eigenvalue weighted by molar-refractivity contribution is -0.141. The molecule has 1 heterocycles. The quantitative estimate of drug-likeness (QED) is 0.904. The maximum Gasteiger partial charge on any atom is 0.321 e. The summed E-state index contributed by atoms with van der Waals surface area (Å²) >= 11 is 0. The number of carbonyl (C=O) groups is 2. The summed E-state index contributed by atoms with van der Waals surface area (Å²) in [6, 6.07) is 7.04. The number of nitrogens with one attached hydrogen (secondary N) is 1. The molecule has 0 aliphatic carbocycles. The van der Waals surface area contributed by atoms with Gasteiger partial charge < -0.3 is 15.3 Å². The summed E-state index contributed by atoms with van der Waals surface area (Å²) in [5, 5.41) is 13.6. The van der Waals surface area contributed by atoms with Gasteiger partial charge in [0.1, 0.15) is 0 Å². The van der Waals surface area contributed by atoms with Crippen molar-refractivity contribution >= 4 is 28.5 Å². The third-order valence-corrected chi connectivity index (χ3v) is 3.21. The Labute approximate surface area is 122 Å². The highest BCUT2D eigenvalue weighted by atomic mass is 16.4. The van der Waals surface area contributed by atoms with Gasteiger partial charge >= 0.3 is 12.0 Å². The van der Waals surface area contributed by atoms with E-state index in [0.717, 1.165) is 10.8 Å². The lowest BCUT2D eigenvalue weighted by Gasteiger charge is -2.20. The van der Waals surface area contributed by atoms with Gasteiger partial charge in [-0.25, -0.2) is 4.79 Å². The molecule has 0 aliphatic rings. The highest BCUT2D eigenvalue weighted by molar-refractivity contribution is 5.93. The van der Waals surface area contributed by atoms with Crippen LogP contribution in [0.15, 0.2) is 36.7 Å². The fourth-order valence-electron chi connectivity index (χ4n) is 1.95. The lowest BCUT2D eigenvalue weighted by atomic mass is 10.1. The summed E-state index contributed by atoms with van der Waals surface area (Å²) in [5.41, 5.74) is 0.661. The van der Waals surface area contributed by atoms with E-state index in [1.807, 2.05) is 18.2 Å². The van der Waals surface area contributed by atoms with Gasteiger partial charge in [-0.15, -0.1) is 0 Å². The number of hydrogen-bond acceptors (Lipinski definition) is 3. The first kappa shape index (κ1) is 14.8. The van der Waals surface area contributed by atoms with E-state index in [1.54, 1.807) is 32.4 Å². The highest BCUT2D eigenvalue weighted by Crippen LogP contribution is 2.18. The number of carbonyl (C=O) groups excluding carboxylic acids is 1. The maximum atomic E-state index is 12.0. The predicted molar refractivity (Wildman–Crippen MR) is 80.2 cm³/mol. The molecule has 2 aromatic rings. The number of nitrogens with zero attached hydrogens (tertiary/aromatic N) is 2. The second-order valence-corrected chi connectivity index (χ2v) is 4.99. The number of pyridine rings is 1. The molecule has 1 unspecified atom stereocenters. The van der Waals surface area contributed by atoms with E-state index in [4.69, 9.17) is 5.11 Å². The summed E-state index contributed by atoms with van der Waals surface area (Å²) < 4.78 is 0. The van der Waals surface area contributed by atoms with Crippen molar-refractivity contribution in [2.45, 2.75) is 6.92 Å². The molecule has 21 heavy (non-hydrogen) atoms.